The Morgan fingerprint density at radius 1 is 1.09 bits per heavy atom. The molecular formula is C25H26N4O5S. The third kappa shape index (κ3) is 4.97. The van der Waals surface area contributed by atoms with Crippen LogP contribution in [0.4, 0.5) is 21.9 Å². The molecule has 0 aliphatic carbocycles. The second-order valence-corrected chi connectivity index (χ2v) is 10.5. The van der Waals surface area contributed by atoms with Crippen LogP contribution in [-0.2, 0) is 21.2 Å². The van der Waals surface area contributed by atoms with Gasteiger partial charge in [0, 0.05) is 26.0 Å². The van der Waals surface area contributed by atoms with Gasteiger partial charge in [0.2, 0.25) is 15.9 Å². The predicted octanol–water partition coefficient (Wildman–Crippen LogP) is 3.61. The number of carbonyl (C=O) groups is 2. The third-order valence-corrected chi connectivity index (χ3v) is 7.26. The Bertz CT molecular complexity index is 1360. The molecule has 10 heteroatoms. The van der Waals surface area contributed by atoms with Crippen LogP contribution in [0, 0.1) is 0 Å². The third-order valence-electron chi connectivity index (χ3n) is 6.05. The molecular weight excluding hydrogens is 468 g/mol. The van der Waals surface area contributed by atoms with Crippen molar-refractivity contribution in [3.05, 3.63) is 72.6 Å². The van der Waals surface area contributed by atoms with Crippen molar-refractivity contribution in [2.45, 2.75) is 19.4 Å². The van der Waals surface area contributed by atoms with Crippen LogP contribution in [-0.4, -0.2) is 56.4 Å². The second kappa shape index (κ2) is 9.38. The van der Waals surface area contributed by atoms with Gasteiger partial charge in [0.25, 0.3) is 0 Å². The first-order valence-corrected chi connectivity index (χ1v) is 12.8. The lowest BCUT2D eigenvalue weighted by molar-refractivity contribution is -0.118. The van der Waals surface area contributed by atoms with Gasteiger partial charge in [-0.2, -0.15) is 0 Å². The molecule has 1 aliphatic rings. The van der Waals surface area contributed by atoms with Gasteiger partial charge in [-0.25, -0.2) is 13.2 Å². The number of benzene rings is 2. The van der Waals surface area contributed by atoms with Crippen molar-refractivity contribution in [1.82, 2.24) is 4.98 Å². The Balaban J connectivity index is 1.70. The van der Waals surface area contributed by atoms with Crippen LogP contribution in [0.25, 0.3) is 11.1 Å². The number of rotatable bonds is 5. The van der Waals surface area contributed by atoms with Gasteiger partial charge in [-0.05, 0) is 53.9 Å². The van der Waals surface area contributed by atoms with Gasteiger partial charge in [-0.1, -0.05) is 24.3 Å². The molecule has 2 aromatic carbocycles. The molecule has 0 saturated carbocycles. The highest BCUT2D eigenvalue weighted by Crippen LogP contribution is 2.39. The maximum absolute atomic E-state index is 13.2. The number of carboxylic acid groups (broad SMARTS) is 1. The summed E-state index contributed by atoms with van der Waals surface area (Å²) in [5.41, 5.74) is 3.78. The highest BCUT2D eigenvalue weighted by Gasteiger charge is 2.35. The summed E-state index contributed by atoms with van der Waals surface area (Å²) in [6.07, 6.45) is 3.48. The summed E-state index contributed by atoms with van der Waals surface area (Å²) in [5.74, 6) is -0.141. The van der Waals surface area contributed by atoms with Gasteiger partial charge in [-0.3, -0.25) is 19.0 Å². The number of hydrogen-bond acceptors (Lipinski definition) is 5. The molecule has 2 amide bonds. The first kappa shape index (κ1) is 24.2. The van der Waals surface area contributed by atoms with Crippen LogP contribution in [0.2, 0.25) is 0 Å². The van der Waals surface area contributed by atoms with Gasteiger partial charge in [0.15, 0.2) is 0 Å². The Labute approximate surface area is 204 Å². The molecule has 182 valence electrons. The van der Waals surface area contributed by atoms with Crippen molar-refractivity contribution < 1.29 is 23.1 Å². The first-order valence-electron chi connectivity index (χ1n) is 11.0. The van der Waals surface area contributed by atoms with E-state index in [9.17, 15) is 23.1 Å². The van der Waals surface area contributed by atoms with E-state index in [1.54, 1.807) is 59.8 Å². The fourth-order valence-corrected chi connectivity index (χ4v) is 4.69. The van der Waals surface area contributed by atoms with Crippen molar-refractivity contribution in [2.24, 2.45) is 0 Å². The Hall–Kier alpha value is -3.92. The van der Waals surface area contributed by atoms with E-state index in [0.717, 1.165) is 22.9 Å². The van der Waals surface area contributed by atoms with Gasteiger partial charge in [0.1, 0.15) is 0 Å². The summed E-state index contributed by atoms with van der Waals surface area (Å²) >= 11 is 0. The quantitative estimate of drug-likeness (QED) is 0.580. The number of nitrogens with zero attached hydrogens (tertiary/aromatic N) is 4. The number of fused-ring (bicyclic) bond motifs is 1. The molecule has 1 atom stereocenters. The Morgan fingerprint density at radius 3 is 2.37 bits per heavy atom. The standard InChI is InChI=1S/C25H26N4O5S/c1-17-16-28(25(31)32)23-14-20(19-6-9-21(10-7-19)27(2)35(3,33)34)8-11-22(23)29(17)24(30)13-18-5-4-12-26-15-18/h4-12,14-15,17H,13,16H2,1-3H3,(H,31,32)/t17-/m0/s1. The van der Waals surface area contributed by atoms with E-state index in [2.05, 4.69) is 4.98 Å². The molecule has 1 N–H and O–H groups in total. The second-order valence-electron chi connectivity index (χ2n) is 8.52. The Morgan fingerprint density at radius 2 is 1.77 bits per heavy atom. The zero-order chi connectivity index (χ0) is 25.3. The highest BCUT2D eigenvalue weighted by molar-refractivity contribution is 7.92. The number of aromatic nitrogens is 1. The van der Waals surface area contributed by atoms with Gasteiger partial charge in [-0.15, -0.1) is 0 Å². The minimum atomic E-state index is -3.38. The summed E-state index contributed by atoms with van der Waals surface area (Å²) < 4.78 is 24.8. The average molecular weight is 495 g/mol. The van der Waals surface area contributed by atoms with Crippen LogP contribution in [0.5, 0.6) is 0 Å². The molecule has 0 bridgehead atoms. The molecule has 1 aliphatic heterocycles. The molecule has 0 saturated heterocycles. The minimum absolute atomic E-state index is 0.141. The molecule has 9 nitrogen and oxygen atoms in total. The lowest BCUT2D eigenvalue weighted by Crippen LogP contribution is -2.52. The zero-order valence-corrected chi connectivity index (χ0v) is 20.4. The van der Waals surface area contributed by atoms with E-state index in [1.807, 2.05) is 19.1 Å². The number of carbonyl (C=O) groups excluding carboxylic acids is 1. The molecule has 3 aromatic rings. The summed E-state index contributed by atoms with van der Waals surface area (Å²) in [7, 11) is -1.91. The van der Waals surface area contributed by atoms with Gasteiger partial charge in [0.05, 0.1) is 35.8 Å². The summed E-state index contributed by atoms with van der Waals surface area (Å²) in [6, 6.07) is 15.5. The lowest BCUT2D eigenvalue weighted by Gasteiger charge is -2.40. The van der Waals surface area contributed by atoms with Crippen molar-refractivity contribution in [1.29, 1.82) is 0 Å². The van der Waals surface area contributed by atoms with Crippen molar-refractivity contribution in [3.63, 3.8) is 0 Å². The minimum Gasteiger partial charge on any atom is -0.465 e. The molecule has 0 spiro atoms. The Kier molecular flexibility index (Phi) is 6.49. The normalized spacial score (nSPS) is 15.5. The smallest absolute Gasteiger partial charge is 0.411 e. The summed E-state index contributed by atoms with van der Waals surface area (Å²) in [4.78, 5) is 32.2. The van der Waals surface area contributed by atoms with Crippen LogP contribution in [0.15, 0.2) is 67.0 Å². The molecule has 4 rings (SSSR count). The van der Waals surface area contributed by atoms with Crippen molar-refractivity contribution >= 4 is 39.1 Å². The number of amides is 2. The van der Waals surface area contributed by atoms with E-state index < -0.39 is 16.1 Å². The van der Waals surface area contributed by atoms with Crippen LogP contribution in [0.3, 0.4) is 0 Å². The SMILES string of the molecule is C[C@H]1CN(C(=O)O)c2cc(-c3ccc(N(C)S(C)(=O)=O)cc3)ccc2N1C(=O)Cc1cccnc1. The predicted molar refractivity (Wildman–Crippen MR) is 135 cm³/mol. The highest BCUT2D eigenvalue weighted by atomic mass is 32.2. The van der Waals surface area contributed by atoms with Crippen LogP contribution >= 0.6 is 0 Å². The van der Waals surface area contributed by atoms with Gasteiger partial charge < -0.3 is 10.0 Å². The molecule has 0 radical (unpaired) electrons. The number of anilines is 3. The molecule has 2 heterocycles. The van der Waals surface area contributed by atoms with Crippen molar-refractivity contribution in [2.75, 3.05) is 34.0 Å². The van der Waals surface area contributed by atoms with E-state index >= 15 is 0 Å². The number of pyridine rings is 1. The van der Waals surface area contributed by atoms with Crippen LogP contribution in [0.1, 0.15) is 12.5 Å². The molecule has 0 fully saturated rings. The lowest BCUT2D eigenvalue weighted by atomic mass is 10.00. The summed E-state index contributed by atoms with van der Waals surface area (Å²) in [6.45, 7) is 1.97. The largest absolute Gasteiger partial charge is 0.465 e. The topological polar surface area (TPSA) is 111 Å². The molecule has 35 heavy (non-hydrogen) atoms. The van der Waals surface area contributed by atoms with E-state index in [4.69, 9.17) is 0 Å². The molecule has 0 unspecified atom stereocenters. The fourth-order valence-electron chi connectivity index (χ4n) is 4.18. The summed E-state index contributed by atoms with van der Waals surface area (Å²) in [5, 5.41) is 9.85. The maximum atomic E-state index is 13.2. The first-order chi connectivity index (χ1) is 16.6. The van der Waals surface area contributed by atoms with E-state index in [1.165, 1.54) is 16.3 Å². The monoisotopic (exact) mass is 494 g/mol. The molecule has 1 aromatic heterocycles. The van der Waals surface area contributed by atoms with E-state index in [-0.39, 0.29) is 24.9 Å². The van der Waals surface area contributed by atoms with Crippen LogP contribution < -0.4 is 14.1 Å². The number of sulfonamides is 1. The van der Waals surface area contributed by atoms with E-state index in [0.29, 0.717) is 17.1 Å². The maximum Gasteiger partial charge on any atom is 0.411 e. The number of hydrogen-bond donors (Lipinski definition) is 1. The fraction of sp³-hybridized carbons (Fsp3) is 0.240. The average Bonchev–Trinajstić information content (AvgIpc) is 2.82. The van der Waals surface area contributed by atoms with Crippen molar-refractivity contribution in [3.8, 4) is 11.1 Å². The van der Waals surface area contributed by atoms with Gasteiger partial charge >= 0.3 is 6.09 Å². The zero-order valence-electron chi connectivity index (χ0n) is 19.6.